The van der Waals surface area contributed by atoms with E-state index in [1.165, 1.54) is 17.0 Å². The van der Waals surface area contributed by atoms with Gasteiger partial charge in [0, 0.05) is 13.1 Å². The van der Waals surface area contributed by atoms with E-state index in [0.717, 1.165) is 40.4 Å². The number of hydrogen-bond donors (Lipinski definition) is 1. The maximum absolute atomic E-state index is 14.0. The van der Waals surface area contributed by atoms with E-state index < -0.39 is 34.3 Å². The second kappa shape index (κ2) is 14.6. The second-order valence-corrected chi connectivity index (χ2v) is 11.6. The third-order valence-electron chi connectivity index (χ3n) is 6.70. The van der Waals surface area contributed by atoms with Crippen LogP contribution in [-0.4, -0.2) is 50.8 Å². The van der Waals surface area contributed by atoms with Gasteiger partial charge in [-0.3, -0.25) is 13.9 Å². The summed E-state index contributed by atoms with van der Waals surface area (Å²) in [5, 5.41) is 2.92. The van der Waals surface area contributed by atoms with Gasteiger partial charge in [-0.15, -0.1) is 0 Å². The Kier molecular flexibility index (Phi) is 11.3. The molecular weight excluding hydrogens is 529 g/mol. The molecule has 0 radical (unpaired) electrons. The SMILES string of the molecule is CCCCNC(=O)[C@H](CC)N(CCc1ccccc1)C(=O)CN(c1ccc(C)cc1)S(=O)(=O)c1ccc(F)cc1. The summed E-state index contributed by atoms with van der Waals surface area (Å²) in [6, 6.07) is 20.1. The van der Waals surface area contributed by atoms with Crippen molar-refractivity contribution in [1.29, 1.82) is 0 Å². The van der Waals surface area contributed by atoms with Crippen LogP contribution in [0.5, 0.6) is 0 Å². The Balaban J connectivity index is 1.97. The van der Waals surface area contributed by atoms with E-state index in [2.05, 4.69) is 5.32 Å². The number of nitrogens with zero attached hydrogens (tertiary/aromatic N) is 2. The molecule has 0 aliphatic rings. The second-order valence-electron chi connectivity index (χ2n) is 9.69. The van der Waals surface area contributed by atoms with Crippen LogP contribution >= 0.6 is 0 Å². The molecule has 0 aliphatic carbocycles. The summed E-state index contributed by atoms with van der Waals surface area (Å²) < 4.78 is 42.2. The monoisotopic (exact) mass is 567 g/mol. The number of carbonyl (C=O) groups excluding carboxylic acids is 2. The maximum Gasteiger partial charge on any atom is 0.264 e. The number of halogens is 1. The van der Waals surface area contributed by atoms with E-state index in [1.807, 2.05) is 51.1 Å². The molecule has 40 heavy (non-hydrogen) atoms. The molecule has 1 N–H and O–H groups in total. The van der Waals surface area contributed by atoms with Crippen LogP contribution in [0.15, 0.2) is 83.8 Å². The Hall–Kier alpha value is -3.72. The number of benzene rings is 3. The van der Waals surface area contributed by atoms with Crippen molar-refractivity contribution in [3.8, 4) is 0 Å². The van der Waals surface area contributed by atoms with Crippen molar-refractivity contribution in [3.05, 3.63) is 95.8 Å². The van der Waals surface area contributed by atoms with Crippen molar-refractivity contribution in [2.45, 2.75) is 57.4 Å². The minimum atomic E-state index is -4.23. The summed E-state index contributed by atoms with van der Waals surface area (Å²) in [5.41, 5.74) is 2.22. The van der Waals surface area contributed by atoms with E-state index >= 15 is 0 Å². The van der Waals surface area contributed by atoms with Crippen molar-refractivity contribution in [2.75, 3.05) is 23.9 Å². The summed E-state index contributed by atoms with van der Waals surface area (Å²) in [7, 11) is -4.23. The zero-order chi connectivity index (χ0) is 29.1. The standard InChI is InChI=1S/C31H38FN3O4S/c1-4-6-21-33-31(37)29(5-2)34(22-20-25-10-8-7-9-11-25)30(36)23-35(27-16-12-24(3)13-17-27)40(38,39)28-18-14-26(32)15-19-28/h7-19,29H,4-6,20-23H2,1-3H3,(H,33,37)/t29-/m0/s1. The molecule has 1 atom stereocenters. The minimum Gasteiger partial charge on any atom is -0.354 e. The van der Waals surface area contributed by atoms with Crippen LogP contribution in [-0.2, 0) is 26.0 Å². The lowest BCUT2D eigenvalue weighted by molar-refractivity contribution is -0.139. The lowest BCUT2D eigenvalue weighted by Gasteiger charge is -2.33. The summed E-state index contributed by atoms with van der Waals surface area (Å²) in [5.74, 6) is -1.33. The molecule has 3 aromatic carbocycles. The Bertz CT molecular complexity index is 1350. The summed E-state index contributed by atoms with van der Waals surface area (Å²) >= 11 is 0. The highest BCUT2D eigenvalue weighted by Gasteiger charge is 2.33. The quantitative estimate of drug-likeness (QED) is 0.275. The third-order valence-corrected chi connectivity index (χ3v) is 8.49. The van der Waals surface area contributed by atoms with E-state index in [4.69, 9.17) is 0 Å². The van der Waals surface area contributed by atoms with Crippen molar-refractivity contribution in [2.24, 2.45) is 0 Å². The van der Waals surface area contributed by atoms with Gasteiger partial charge in [0.15, 0.2) is 0 Å². The molecule has 3 rings (SSSR count). The smallest absolute Gasteiger partial charge is 0.264 e. The zero-order valence-corrected chi connectivity index (χ0v) is 24.2. The van der Waals surface area contributed by atoms with Gasteiger partial charge in [0.2, 0.25) is 11.8 Å². The van der Waals surface area contributed by atoms with Crippen LogP contribution in [0.25, 0.3) is 0 Å². The number of hydrogen-bond acceptors (Lipinski definition) is 4. The molecule has 0 aliphatic heterocycles. The molecule has 3 aromatic rings. The predicted octanol–water partition coefficient (Wildman–Crippen LogP) is 5.10. The van der Waals surface area contributed by atoms with Crippen LogP contribution in [0.4, 0.5) is 10.1 Å². The van der Waals surface area contributed by atoms with Gasteiger partial charge in [0.1, 0.15) is 18.4 Å². The van der Waals surface area contributed by atoms with Gasteiger partial charge in [-0.05, 0) is 68.1 Å². The van der Waals surface area contributed by atoms with Gasteiger partial charge in [-0.1, -0.05) is 68.3 Å². The van der Waals surface area contributed by atoms with Crippen LogP contribution < -0.4 is 9.62 Å². The third kappa shape index (κ3) is 8.14. The Morgan fingerprint density at radius 3 is 2.17 bits per heavy atom. The molecule has 0 aromatic heterocycles. The van der Waals surface area contributed by atoms with E-state index in [9.17, 15) is 22.4 Å². The van der Waals surface area contributed by atoms with Crippen LogP contribution in [0.2, 0.25) is 0 Å². The van der Waals surface area contributed by atoms with Crippen molar-refractivity contribution in [3.63, 3.8) is 0 Å². The average molecular weight is 568 g/mol. The van der Waals surface area contributed by atoms with E-state index in [1.54, 1.807) is 24.3 Å². The highest BCUT2D eigenvalue weighted by Crippen LogP contribution is 2.25. The number of anilines is 1. The maximum atomic E-state index is 14.0. The van der Waals surface area contributed by atoms with Gasteiger partial charge in [0.05, 0.1) is 10.6 Å². The molecule has 0 fully saturated rings. The molecule has 0 bridgehead atoms. The summed E-state index contributed by atoms with van der Waals surface area (Å²) in [6.45, 7) is 5.96. The first-order valence-corrected chi connectivity index (χ1v) is 15.1. The average Bonchev–Trinajstić information content (AvgIpc) is 2.95. The van der Waals surface area contributed by atoms with Gasteiger partial charge in [0.25, 0.3) is 10.0 Å². The topological polar surface area (TPSA) is 86.8 Å². The lowest BCUT2D eigenvalue weighted by atomic mass is 10.1. The molecule has 214 valence electrons. The molecule has 0 heterocycles. The Labute approximate surface area is 237 Å². The number of carbonyl (C=O) groups is 2. The van der Waals surface area contributed by atoms with Crippen molar-refractivity contribution in [1.82, 2.24) is 10.2 Å². The highest BCUT2D eigenvalue weighted by molar-refractivity contribution is 7.92. The summed E-state index contributed by atoms with van der Waals surface area (Å²) in [4.78, 5) is 28.5. The van der Waals surface area contributed by atoms with Gasteiger partial charge in [-0.25, -0.2) is 12.8 Å². The lowest BCUT2D eigenvalue weighted by Crippen LogP contribution is -2.53. The largest absolute Gasteiger partial charge is 0.354 e. The minimum absolute atomic E-state index is 0.137. The first-order valence-electron chi connectivity index (χ1n) is 13.6. The molecule has 0 saturated carbocycles. The van der Waals surface area contributed by atoms with Crippen LogP contribution in [0.1, 0.15) is 44.2 Å². The highest BCUT2D eigenvalue weighted by atomic mass is 32.2. The molecule has 0 unspecified atom stereocenters. The number of amides is 2. The van der Waals surface area contributed by atoms with Gasteiger partial charge < -0.3 is 10.2 Å². The van der Waals surface area contributed by atoms with Gasteiger partial charge >= 0.3 is 0 Å². The molecule has 0 saturated heterocycles. The normalized spacial score (nSPS) is 12.0. The Morgan fingerprint density at radius 1 is 0.925 bits per heavy atom. The molecule has 0 spiro atoms. The molecule has 9 heteroatoms. The number of sulfonamides is 1. The fourth-order valence-electron chi connectivity index (χ4n) is 4.38. The Morgan fingerprint density at radius 2 is 1.57 bits per heavy atom. The van der Waals surface area contributed by atoms with E-state index in [-0.39, 0.29) is 17.3 Å². The van der Waals surface area contributed by atoms with Gasteiger partial charge in [-0.2, -0.15) is 0 Å². The summed E-state index contributed by atoms with van der Waals surface area (Å²) in [6.07, 6.45) is 2.60. The fraction of sp³-hybridized carbons (Fsp3) is 0.355. The number of unbranched alkanes of at least 4 members (excludes halogenated alkanes) is 1. The number of rotatable bonds is 14. The van der Waals surface area contributed by atoms with Crippen molar-refractivity contribution < 1.29 is 22.4 Å². The number of aryl methyl sites for hydroxylation is 1. The van der Waals surface area contributed by atoms with Crippen molar-refractivity contribution >= 4 is 27.5 Å². The first kappa shape index (κ1) is 30.8. The zero-order valence-electron chi connectivity index (χ0n) is 23.3. The number of nitrogens with one attached hydrogen (secondary N) is 1. The fourth-order valence-corrected chi connectivity index (χ4v) is 5.79. The van der Waals surface area contributed by atoms with Crippen LogP contribution in [0.3, 0.4) is 0 Å². The van der Waals surface area contributed by atoms with E-state index in [0.29, 0.717) is 25.1 Å². The molecular formula is C31H38FN3O4S. The molecule has 2 amide bonds. The van der Waals surface area contributed by atoms with Crippen LogP contribution in [0, 0.1) is 12.7 Å². The predicted molar refractivity (Wildman–Crippen MR) is 156 cm³/mol. The molecule has 7 nitrogen and oxygen atoms in total. The first-order chi connectivity index (χ1) is 19.2.